The molecule has 0 radical (unpaired) electrons. The molecule has 0 amide bonds. The molecule has 0 bridgehead atoms. The lowest BCUT2D eigenvalue weighted by Gasteiger charge is -2.19. The summed E-state index contributed by atoms with van der Waals surface area (Å²) in [6.07, 6.45) is 4.17. The van der Waals surface area contributed by atoms with Crippen molar-refractivity contribution in [2.45, 2.75) is 26.7 Å². The molecule has 1 fully saturated rings. The Morgan fingerprint density at radius 3 is 3.06 bits per heavy atom. The Balaban J connectivity index is 2.11. The first-order valence-electron chi connectivity index (χ1n) is 5.96. The van der Waals surface area contributed by atoms with E-state index in [-0.39, 0.29) is 0 Å². The van der Waals surface area contributed by atoms with Gasteiger partial charge in [-0.3, -0.25) is 4.98 Å². The lowest BCUT2D eigenvalue weighted by molar-refractivity contribution is 0.546. The topological polar surface area (TPSA) is 55.0 Å². The fourth-order valence-corrected chi connectivity index (χ4v) is 2.32. The fourth-order valence-electron chi connectivity index (χ4n) is 2.32. The molecule has 1 aromatic heterocycles. The van der Waals surface area contributed by atoms with Crippen LogP contribution < -0.4 is 10.6 Å². The molecule has 1 aliphatic heterocycles. The Bertz CT molecular complexity index is 364. The quantitative estimate of drug-likeness (QED) is 0.833. The summed E-state index contributed by atoms with van der Waals surface area (Å²) in [6.45, 7) is 6.97. The Hall–Kier alpha value is -1.16. The molecule has 4 heteroatoms. The molecule has 0 spiro atoms. The van der Waals surface area contributed by atoms with Gasteiger partial charge in [0.2, 0.25) is 0 Å². The van der Waals surface area contributed by atoms with Crippen LogP contribution in [0.4, 0.5) is 5.82 Å². The Kier molecular flexibility index (Phi) is 3.39. The molecule has 2 N–H and O–H groups in total. The van der Waals surface area contributed by atoms with Crippen LogP contribution in [-0.4, -0.2) is 29.6 Å². The number of rotatable bonds is 3. The van der Waals surface area contributed by atoms with Gasteiger partial charge in [0.1, 0.15) is 5.82 Å². The molecule has 0 saturated carbocycles. The van der Waals surface area contributed by atoms with E-state index in [2.05, 4.69) is 14.9 Å². The minimum atomic E-state index is 0.728. The number of anilines is 1. The van der Waals surface area contributed by atoms with Crippen LogP contribution in [0.2, 0.25) is 0 Å². The van der Waals surface area contributed by atoms with E-state index >= 15 is 0 Å². The SMILES string of the molecule is Cc1cnc(C)c(N2CCC(CCN)C2)n1. The number of aromatic nitrogens is 2. The number of hydrogen-bond donors (Lipinski definition) is 1. The summed E-state index contributed by atoms with van der Waals surface area (Å²) >= 11 is 0. The minimum absolute atomic E-state index is 0.728. The molecule has 1 atom stereocenters. The normalized spacial score (nSPS) is 20.4. The van der Waals surface area contributed by atoms with Crippen LogP contribution in [0.15, 0.2) is 6.20 Å². The van der Waals surface area contributed by atoms with Crippen molar-refractivity contribution in [1.82, 2.24) is 9.97 Å². The molecule has 1 unspecified atom stereocenters. The van der Waals surface area contributed by atoms with E-state index in [0.717, 1.165) is 49.2 Å². The monoisotopic (exact) mass is 220 g/mol. The highest BCUT2D eigenvalue weighted by Crippen LogP contribution is 2.25. The summed E-state index contributed by atoms with van der Waals surface area (Å²) in [5.74, 6) is 1.78. The third kappa shape index (κ3) is 2.32. The standard InChI is InChI=1S/C12H20N4/c1-9-7-14-10(2)12(15-9)16-6-4-11(8-16)3-5-13/h7,11H,3-6,8,13H2,1-2H3. The van der Waals surface area contributed by atoms with Gasteiger partial charge in [0.25, 0.3) is 0 Å². The highest BCUT2D eigenvalue weighted by atomic mass is 15.2. The first-order valence-corrected chi connectivity index (χ1v) is 5.96. The number of nitrogens with zero attached hydrogens (tertiary/aromatic N) is 3. The number of nitrogens with two attached hydrogens (primary N) is 1. The van der Waals surface area contributed by atoms with Crippen molar-refractivity contribution < 1.29 is 0 Å². The maximum Gasteiger partial charge on any atom is 0.150 e. The summed E-state index contributed by atoms with van der Waals surface area (Å²) in [5, 5.41) is 0. The third-order valence-corrected chi connectivity index (χ3v) is 3.21. The zero-order valence-electron chi connectivity index (χ0n) is 10.1. The first kappa shape index (κ1) is 11.3. The van der Waals surface area contributed by atoms with Crippen LogP contribution in [0.3, 0.4) is 0 Å². The Morgan fingerprint density at radius 1 is 1.50 bits per heavy atom. The van der Waals surface area contributed by atoms with Crippen LogP contribution in [0.5, 0.6) is 0 Å². The summed E-state index contributed by atoms with van der Waals surface area (Å²) in [5.41, 5.74) is 7.62. The zero-order chi connectivity index (χ0) is 11.5. The highest BCUT2D eigenvalue weighted by molar-refractivity contribution is 5.44. The van der Waals surface area contributed by atoms with Crippen molar-refractivity contribution in [3.63, 3.8) is 0 Å². The van der Waals surface area contributed by atoms with Crippen molar-refractivity contribution in [3.05, 3.63) is 17.6 Å². The maximum atomic E-state index is 5.60. The summed E-state index contributed by atoms with van der Waals surface area (Å²) in [6, 6.07) is 0. The van der Waals surface area contributed by atoms with Gasteiger partial charge in [0, 0.05) is 19.3 Å². The molecule has 4 nitrogen and oxygen atoms in total. The van der Waals surface area contributed by atoms with E-state index in [1.54, 1.807) is 0 Å². The second kappa shape index (κ2) is 4.78. The number of aryl methyl sites for hydroxylation is 2. The molecule has 0 aliphatic carbocycles. The van der Waals surface area contributed by atoms with E-state index < -0.39 is 0 Å². The molecule has 1 aromatic rings. The molecule has 2 rings (SSSR count). The van der Waals surface area contributed by atoms with Gasteiger partial charge in [0.15, 0.2) is 0 Å². The van der Waals surface area contributed by atoms with E-state index in [0.29, 0.717) is 0 Å². The van der Waals surface area contributed by atoms with E-state index in [9.17, 15) is 0 Å². The lowest BCUT2D eigenvalue weighted by atomic mass is 10.1. The average Bonchev–Trinajstić information content (AvgIpc) is 2.71. The summed E-state index contributed by atoms with van der Waals surface area (Å²) in [7, 11) is 0. The Labute approximate surface area is 96.9 Å². The van der Waals surface area contributed by atoms with Gasteiger partial charge in [-0.25, -0.2) is 4.98 Å². The second-order valence-electron chi connectivity index (χ2n) is 4.60. The van der Waals surface area contributed by atoms with E-state index in [1.807, 2.05) is 20.0 Å². The summed E-state index contributed by atoms with van der Waals surface area (Å²) in [4.78, 5) is 11.3. The van der Waals surface area contributed by atoms with Gasteiger partial charge >= 0.3 is 0 Å². The van der Waals surface area contributed by atoms with E-state index in [4.69, 9.17) is 5.73 Å². The number of hydrogen-bond acceptors (Lipinski definition) is 4. The van der Waals surface area contributed by atoms with Gasteiger partial charge < -0.3 is 10.6 Å². The van der Waals surface area contributed by atoms with Crippen molar-refractivity contribution in [1.29, 1.82) is 0 Å². The van der Waals surface area contributed by atoms with Gasteiger partial charge in [-0.05, 0) is 39.2 Å². The van der Waals surface area contributed by atoms with Crippen molar-refractivity contribution >= 4 is 5.82 Å². The predicted octanol–water partition coefficient (Wildman–Crippen LogP) is 1.27. The van der Waals surface area contributed by atoms with E-state index in [1.165, 1.54) is 6.42 Å². The minimum Gasteiger partial charge on any atom is -0.355 e. The van der Waals surface area contributed by atoms with Gasteiger partial charge in [-0.1, -0.05) is 0 Å². The molecule has 1 saturated heterocycles. The molecular weight excluding hydrogens is 200 g/mol. The van der Waals surface area contributed by atoms with Crippen molar-refractivity contribution in [3.8, 4) is 0 Å². The molecule has 88 valence electrons. The molecule has 0 aromatic carbocycles. The summed E-state index contributed by atoms with van der Waals surface area (Å²) < 4.78 is 0. The van der Waals surface area contributed by atoms with Crippen LogP contribution in [0.1, 0.15) is 24.2 Å². The average molecular weight is 220 g/mol. The molecular formula is C12H20N4. The first-order chi connectivity index (χ1) is 7.70. The second-order valence-corrected chi connectivity index (χ2v) is 4.60. The molecule has 2 heterocycles. The van der Waals surface area contributed by atoms with Crippen molar-refractivity contribution in [2.24, 2.45) is 11.7 Å². The fraction of sp³-hybridized carbons (Fsp3) is 0.667. The van der Waals surface area contributed by atoms with Crippen LogP contribution >= 0.6 is 0 Å². The van der Waals surface area contributed by atoms with Crippen LogP contribution in [0.25, 0.3) is 0 Å². The predicted molar refractivity (Wildman–Crippen MR) is 65.5 cm³/mol. The van der Waals surface area contributed by atoms with Gasteiger partial charge in [0.05, 0.1) is 11.4 Å². The van der Waals surface area contributed by atoms with Crippen LogP contribution in [-0.2, 0) is 0 Å². The van der Waals surface area contributed by atoms with Gasteiger partial charge in [-0.2, -0.15) is 0 Å². The lowest BCUT2D eigenvalue weighted by Crippen LogP contribution is -2.23. The largest absolute Gasteiger partial charge is 0.355 e. The highest BCUT2D eigenvalue weighted by Gasteiger charge is 2.24. The zero-order valence-corrected chi connectivity index (χ0v) is 10.1. The third-order valence-electron chi connectivity index (χ3n) is 3.21. The van der Waals surface area contributed by atoms with Gasteiger partial charge in [-0.15, -0.1) is 0 Å². The van der Waals surface area contributed by atoms with Crippen molar-refractivity contribution in [2.75, 3.05) is 24.5 Å². The smallest absolute Gasteiger partial charge is 0.150 e. The molecule has 16 heavy (non-hydrogen) atoms. The van der Waals surface area contributed by atoms with Crippen LogP contribution in [0, 0.1) is 19.8 Å². The molecule has 1 aliphatic rings. The maximum absolute atomic E-state index is 5.60. The Morgan fingerprint density at radius 2 is 2.31 bits per heavy atom.